The molecule has 0 unspecified atom stereocenters. The van der Waals surface area contributed by atoms with E-state index in [-0.39, 0.29) is 12.2 Å². The zero-order chi connectivity index (χ0) is 14.8. The van der Waals surface area contributed by atoms with Crippen molar-refractivity contribution in [1.29, 1.82) is 0 Å². The third kappa shape index (κ3) is 3.50. The molecular formula is C16H21FO3. The molecule has 0 radical (unpaired) electrons. The number of halogens is 1. The second-order valence-electron chi connectivity index (χ2n) is 6.23. The van der Waals surface area contributed by atoms with Crippen molar-refractivity contribution < 1.29 is 19.0 Å². The molecule has 2 rings (SSSR count). The van der Waals surface area contributed by atoms with Crippen LogP contribution in [0.1, 0.15) is 38.7 Å². The molecule has 1 saturated carbocycles. The Kier molecular flexibility index (Phi) is 4.31. The number of ether oxygens (including phenoxy) is 1. The zero-order valence-corrected chi connectivity index (χ0v) is 12.0. The Morgan fingerprint density at radius 2 is 2.15 bits per heavy atom. The second-order valence-corrected chi connectivity index (χ2v) is 6.23. The molecule has 1 aromatic rings. The van der Waals surface area contributed by atoms with E-state index in [4.69, 9.17) is 4.74 Å². The maximum absolute atomic E-state index is 13.4. The Morgan fingerprint density at radius 1 is 1.45 bits per heavy atom. The van der Waals surface area contributed by atoms with E-state index in [0.29, 0.717) is 23.8 Å². The summed E-state index contributed by atoms with van der Waals surface area (Å²) in [6, 6.07) is 4.33. The van der Waals surface area contributed by atoms with E-state index >= 15 is 0 Å². The van der Waals surface area contributed by atoms with Gasteiger partial charge in [0.15, 0.2) is 0 Å². The van der Waals surface area contributed by atoms with Gasteiger partial charge in [-0.3, -0.25) is 4.79 Å². The molecule has 0 heterocycles. The van der Waals surface area contributed by atoms with Crippen molar-refractivity contribution in [3.8, 4) is 5.75 Å². The molecule has 0 aliphatic heterocycles. The quantitative estimate of drug-likeness (QED) is 0.865. The summed E-state index contributed by atoms with van der Waals surface area (Å²) in [6.45, 7) is 3.90. The number of carboxylic acid groups (broad SMARTS) is 1. The standard InChI is InChI=1S/C16H21FO3/c1-16(2,15(18)19)9-12-8-13(17)6-7-14(12)20-10-11-4-3-5-11/h6-8,11H,3-5,9-10H2,1-2H3,(H,18,19). The highest BCUT2D eigenvalue weighted by molar-refractivity contribution is 5.74. The van der Waals surface area contributed by atoms with Crippen LogP contribution in [0.2, 0.25) is 0 Å². The molecule has 0 spiro atoms. The molecule has 1 aliphatic rings. The summed E-state index contributed by atoms with van der Waals surface area (Å²) in [4.78, 5) is 11.2. The van der Waals surface area contributed by atoms with Crippen molar-refractivity contribution in [1.82, 2.24) is 0 Å². The van der Waals surface area contributed by atoms with Crippen molar-refractivity contribution in [2.75, 3.05) is 6.61 Å². The summed E-state index contributed by atoms with van der Waals surface area (Å²) >= 11 is 0. The number of hydrogen-bond donors (Lipinski definition) is 1. The van der Waals surface area contributed by atoms with Gasteiger partial charge in [0.05, 0.1) is 12.0 Å². The monoisotopic (exact) mass is 280 g/mol. The van der Waals surface area contributed by atoms with Crippen LogP contribution < -0.4 is 4.74 Å². The minimum Gasteiger partial charge on any atom is -0.493 e. The second kappa shape index (κ2) is 5.81. The van der Waals surface area contributed by atoms with Crippen LogP contribution >= 0.6 is 0 Å². The van der Waals surface area contributed by atoms with Crippen molar-refractivity contribution >= 4 is 5.97 Å². The number of rotatable bonds is 6. The van der Waals surface area contributed by atoms with Crippen molar-refractivity contribution in [3.63, 3.8) is 0 Å². The molecule has 1 aromatic carbocycles. The predicted molar refractivity (Wildman–Crippen MR) is 74.4 cm³/mol. The minimum atomic E-state index is -0.942. The topological polar surface area (TPSA) is 46.5 Å². The van der Waals surface area contributed by atoms with Crippen LogP contribution in [0.3, 0.4) is 0 Å². The Balaban J connectivity index is 2.12. The molecule has 0 aromatic heterocycles. The van der Waals surface area contributed by atoms with Gasteiger partial charge in [-0.05, 0) is 62.8 Å². The summed E-state index contributed by atoms with van der Waals surface area (Å²) in [5.41, 5.74) is -0.320. The van der Waals surface area contributed by atoms with Gasteiger partial charge in [-0.15, -0.1) is 0 Å². The fraction of sp³-hybridized carbons (Fsp3) is 0.562. The van der Waals surface area contributed by atoms with Crippen LogP contribution in [-0.2, 0) is 11.2 Å². The lowest BCUT2D eigenvalue weighted by Crippen LogP contribution is -2.27. The number of hydrogen-bond acceptors (Lipinski definition) is 2. The van der Waals surface area contributed by atoms with Crippen LogP contribution in [0.15, 0.2) is 18.2 Å². The molecule has 0 saturated heterocycles. The van der Waals surface area contributed by atoms with Crippen molar-refractivity contribution in [2.45, 2.75) is 39.5 Å². The van der Waals surface area contributed by atoms with E-state index < -0.39 is 11.4 Å². The number of carboxylic acids is 1. The van der Waals surface area contributed by atoms with Gasteiger partial charge in [-0.2, -0.15) is 0 Å². The lowest BCUT2D eigenvalue weighted by molar-refractivity contribution is -0.146. The Hall–Kier alpha value is -1.58. The van der Waals surface area contributed by atoms with E-state index in [0.717, 1.165) is 0 Å². The number of benzene rings is 1. The molecule has 0 bridgehead atoms. The van der Waals surface area contributed by atoms with Gasteiger partial charge in [-0.25, -0.2) is 4.39 Å². The molecule has 1 aliphatic carbocycles. The van der Waals surface area contributed by atoms with Gasteiger partial charge in [0.1, 0.15) is 11.6 Å². The maximum atomic E-state index is 13.4. The van der Waals surface area contributed by atoms with Gasteiger partial charge < -0.3 is 9.84 Å². The van der Waals surface area contributed by atoms with Crippen LogP contribution in [-0.4, -0.2) is 17.7 Å². The minimum absolute atomic E-state index is 0.250. The first-order valence-corrected chi connectivity index (χ1v) is 7.03. The molecule has 3 nitrogen and oxygen atoms in total. The first-order chi connectivity index (χ1) is 9.38. The fourth-order valence-corrected chi connectivity index (χ4v) is 2.25. The van der Waals surface area contributed by atoms with Crippen LogP contribution in [0.4, 0.5) is 4.39 Å². The first-order valence-electron chi connectivity index (χ1n) is 7.03. The van der Waals surface area contributed by atoms with E-state index in [1.54, 1.807) is 19.9 Å². The average Bonchev–Trinajstić information content (AvgIpc) is 2.29. The summed E-state index contributed by atoms with van der Waals surface area (Å²) in [5.74, 6) is -0.0723. The molecule has 110 valence electrons. The summed E-state index contributed by atoms with van der Waals surface area (Å²) in [5, 5.41) is 9.19. The summed E-state index contributed by atoms with van der Waals surface area (Å²) < 4.78 is 19.2. The highest BCUT2D eigenvalue weighted by atomic mass is 19.1. The molecule has 1 N–H and O–H groups in total. The third-order valence-corrected chi connectivity index (χ3v) is 3.93. The Morgan fingerprint density at radius 3 is 2.70 bits per heavy atom. The summed E-state index contributed by atoms with van der Waals surface area (Å²) in [6.07, 6.45) is 3.85. The largest absolute Gasteiger partial charge is 0.493 e. The zero-order valence-electron chi connectivity index (χ0n) is 12.0. The van der Waals surface area contributed by atoms with Gasteiger partial charge in [0, 0.05) is 0 Å². The Bertz CT molecular complexity index is 492. The van der Waals surface area contributed by atoms with Crippen LogP contribution in [0.25, 0.3) is 0 Å². The molecule has 0 atom stereocenters. The van der Waals surface area contributed by atoms with Crippen LogP contribution in [0, 0.1) is 17.2 Å². The number of aliphatic carboxylic acids is 1. The normalized spacial score (nSPS) is 15.8. The SMILES string of the molecule is CC(C)(Cc1cc(F)ccc1OCC1CCC1)C(=O)O. The maximum Gasteiger partial charge on any atom is 0.309 e. The van der Waals surface area contributed by atoms with E-state index in [1.165, 1.54) is 31.4 Å². The Labute approximate surface area is 118 Å². The molecule has 1 fully saturated rings. The molecular weight excluding hydrogens is 259 g/mol. The lowest BCUT2D eigenvalue weighted by atomic mass is 9.85. The fourth-order valence-electron chi connectivity index (χ4n) is 2.25. The average molecular weight is 280 g/mol. The number of carbonyl (C=O) groups is 1. The van der Waals surface area contributed by atoms with Gasteiger partial charge in [0.25, 0.3) is 0 Å². The lowest BCUT2D eigenvalue weighted by Gasteiger charge is -2.26. The predicted octanol–water partition coefficient (Wildman–Crippen LogP) is 3.66. The van der Waals surface area contributed by atoms with E-state index in [9.17, 15) is 14.3 Å². The summed E-state index contributed by atoms with van der Waals surface area (Å²) in [7, 11) is 0. The smallest absolute Gasteiger partial charge is 0.309 e. The highest BCUT2D eigenvalue weighted by Crippen LogP contribution is 2.31. The van der Waals surface area contributed by atoms with Crippen LogP contribution in [0.5, 0.6) is 5.75 Å². The molecule has 4 heteroatoms. The molecule has 0 amide bonds. The highest BCUT2D eigenvalue weighted by Gasteiger charge is 2.29. The first kappa shape index (κ1) is 14.8. The van der Waals surface area contributed by atoms with E-state index in [1.807, 2.05) is 0 Å². The van der Waals surface area contributed by atoms with E-state index in [2.05, 4.69) is 0 Å². The van der Waals surface area contributed by atoms with Crippen molar-refractivity contribution in [3.05, 3.63) is 29.6 Å². The third-order valence-electron chi connectivity index (χ3n) is 3.93. The van der Waals surface area contributed by atoms with Gasteiger partial charge >= 0.3 is 5.97 Å². The van der Waals surface area contributed by atoms with Crippen molar-refractivity contribution in [2.24, 2.45) is 11.3 Å². The van der Waals surface area contributed by atoms with Gasteiger partial charge in [-0.1, -0.05) is 6.42 Å². The van der Waals surface area contributed by atoms with Gasteiger partial charge in [0.2, 0.25) is 0 Å². The molecule has 20 heavy (non-hydrogen) atoms.